The van der Waals surface area contributed by atoms with E-state index in [4.69, 9.17) is 51.1 Å². The predicted octanol–water partition coefficient (Wildman–Crippen LogP) is 12.8. The number of anilines is 2. The van der Waals surface area contributed by atoms with Gasteiger partial charge in [-0.25, -0.2) is 4.79 Å². The average Bonchev–Trinajstić information content (AvgIpc) is 3.41. The number of hydrogen-bond acceptors (Lipinski definition) is 4. The third kappa shape index (κ3) is 6.92. The Labute approximate surface area is 328 Å². The molecule has 0 N–H and O–H groups in total. The van der Waals surface area contributed by atoms with E-state index in [9.17, 15) is 4.79 Å². The maximum Gasteiger partial charge on any atom is 0.341 e. The van der Waals surface area contributed by atoms with Crippen molar-refractivity contribution in [1.82, 2.24) is 0 Å². The number of carbonyl (C=O) groups is 1. The standard InChI is InChI=1S/C44H44Cl4N2O2/c1-27-15-19-42(3,20-16-27)33(29-11-9-13-31(23-29)49(5)6)25-44(36-35(41(51)52-44)37(45)39(47)40(48)38(36)46)26-34(43(4)21-17-28(2)18-22-43)30-12-10-14-32(24-30)50(7)8/h9-19,21,23-26H,20,22H2,1-8H3. The SMILES string of the molecule is CC1=CCC(C)(C(=CC2(C=C(c3cccc(N(C)C)c3)C3(C)C=CC(C)=CC3)OC(=O)c3c(Cl)c(Cl)c(Cl)c(Cl)c32)c2cccc(N(C)C)c2)C=C1. The van der Waals surface area contributed by atoms with Gasteiger partial charge in [0.1, 0.15) is 0 Å². The van der Waals surface area contributed by atoms with Gasteiger partial charge in [0.15, 0.2) is 5.60 Å². The zero-order valence-electron chi connectivity index (χ0n) is 30.9. The van der Waals surface area contributed by atoms with Gasteiger partial charge in [-0.05, 0) is 85.4 Å². The van der Waals surface area contributed by atoms with Crippen LogP contribution in [-0.2, 0) is 10.3 Å². The molecule has 3 aromatic rings. The van der Waals surface area contributed by atoms with Gasteiger partial charge in [-0.15, -0.1) is 0 Å². The van der Waals surface area contributed by atoms with Crippen LogP contribution in [0.5, 0.6) is 0 Å². The van der Waals surface area contributed by atoms with E-state index in [1.807, 2.05) is 40.3 Å². The third-order valence-electron chi connectivity index (χ3n) is 10.5. The van der Waals surface area contributed by atoms with Crippen molar-refractivity contribution in [3.05, 3.63) is 151 Å². The summed E-state index contributed by atoms with van der Waals surface area (Å²) in [6.45, 7) is 8.61. The highest BCUT2D eigenvalue weighted by molar-refractivity contribution is 6.53. The summed E-state index contributed by atoms with van der Waals surface area (Å²) < 4.78 is 6.69. The van der Waals surface area contributed by atoms with Crippen molar-refractivity contribution in [3.8, 4) is 0 Å². The molecule has 270 valence electrons. The first-order valence-corrected chi connectivity index (χ1v) is 18.8. The summed E-state index contributed by atoms with van der Waals surface area (Å²) in [6, 6.07) is 16.8. The number of hydrogen-bond donors (Lipinski definition) is 0. The van der Waals surface area contributed by atoms with Gasteiger partial charge in [-0.3, -0.25) is 0 Å². The molecular formula is C44H44Cl4N2O2. The van der Waals surface area contributed by atoms with E-state index in [1.54, 1.807) is 0 Å². The summed E-state index contributed by atoms with van der Waals surface area (Å²) >= 11 is 27.5. The highest BCUT2D eigenvalue weighted by Gasteiger charge is 2.50. The van der Waals surface area contributed by atoms with Gasteiger partial charge >= 0.3 is 5.97 Å². The molecule has 4 nitrogen and oxygen atoms in total. The lowest BCUT2D eigenvalue weighted by molar-refractivity contribution is 0.0297. The Morgan fingerprint density at radius 3 is 1.54 bits per heavy atom. The summed E-state index contributed by atoms with van der Waals surface area (Å²) in [4.78, 5) is 18.4. The molecule has 0 fully saturated rings. The summed E-state index contributed by atoms with van der Waals surface area (Å²) in [6.07, 6.45) is 18.8. The molecule has 52 heavy (non-hydrogen) atoms. The zero-order valence-corrected chi connectivity index (χ0v) is 33.9. The number of halogens is 4. The molecule has 0 amide bonds. The van der Waals surface area contributed by atoms with Crippen molar-refractivity contribution < 1.29 is 9.53 Å². The van der Waals surface area contributed by atoms with Crippen LogP contribution < -0.4 is 9.80 Å². The lowest BCUT2D eigenvalue weighted by atomic mass is 9.69. The average molecular weight is 775 g/mol. The van der Waals surface area contributed by atoms with Crippen molar-refractivity contribution in [2.24, 2.45) is 10.8 Å². The largest absolute Gasteiger partial charge is 0.442 e. The third-order valence-corrected chi connectivity index (χ3v) is 12.3. The van der Waals surface area contributed by atoms with Crippen molar-refractivity contribution >= 4 is 74.9 Å². The Kier molecular flexibility index (Phi) is 10.5. The van der Waals surface area contributed by atoms with Crippen molar-refractivity contribution in [1.29, 1.82) is 0 Å². The number of fused-ring (bicyclic) bond motifs is 1. The highest BCUT2D eigenvalue weighted by Crippen LogP contribution is 2.56. The first kappa shape index (κ1) is 38.1. The molecule has 3 aliphatic rings. The van der Waals surface area contributed by atoms with Gasteiger partial charge in [0, 0.05) is 56.0 Å². The Hall–Kier alpha value is -3.67. The summed E-state index contributed by atoms with van der Waals surface area (Å²) in [5.41, 5.74) is 6.23. The normalized spacial score (nSPS) is 24.3. The maximum atomic E-state index is 14.3. The smallest absolute Gasteiger partial charge is 0.341 e. The van der Waals surface area contributed by atoms with Crippen LogP contribution in [0.25, 0.3) is 11.1 Å². The molecule has 1 aliphatic heterocycles. The number of allylic oxidation sites excluding steroid dienone is 10. The van der Waals surface area contributed by atoms with Crippen molar-refractivity contribution in [3.63, 3.8) is 0 Å². The molecule has 8 heteroatoms. The van der Waals surface area contributed by atoms with E-state index < -0.39 is 22.4 Å². The molecule has 6 rings (SSSR count). The second-order valence-electron chi connectivity index (χ2n) is 15.0. The summed E-state index contributed by atoms with van der Waals surface area (Å²) in [7, 11) is 8.08. The van der Waals surface area contributed by atoms with Crippen LogP contribution in [0, 0.1) is 10.8 Å². The summed E-state index contributed by atoms with van der Waals surface area (Å²) in [5, 5.41) is 0.203. The number of cyclic esters (lactones) is 1. The molecular weight excluding hydrogens is 730 g/mol. The predicted molar refractivity (Wildman–Crippen MR) is 222 cm³/mol. The maximum absolute atomic E-state index is 14.3. The lowest BCUT2D eigenvalue weighted by Gasteiger charge is -2.37. The van der Waals surface area contributed by atoms with Gasteiger partial charge in [-0.1, -0.05) is 132 Å². The first-order chi connectivity index (χ1) is 24.5. The van der Waals surface area contributed by atoms with E-state index >= 15 is 0 Å². The molecule has 0 radical (unpaired) electrons. The van der Waals surface area contributed by atoms with Crippen LogP contribution in [0.3, 0.4) is 0 Å². The Morgan fingerprint density at radius 1 is 0.692 bits per heavy atom. The summed E-state index contributed by atoms with van der Waals surface area (Å²) in [5.74, 6) is -0.629. The topological polar surface area (TPSA) is 32.8 Å². The van der Waals surface area contributed by atoms with Crippen LogP contribution in [-0.4, -0.2) is 34.2 Å². The monoisotopic (exact) mass is 772 g/mol. The molecule has 0 saturated carbocycles. The molecule has 2 aliphatic carbocycles. The molecule has 1 heterocycles. The fourth-order valence-electron chi connectivity index (χ4n) is 7.23. The fraction of sp³-hybridized carbons (Fsp3) is 0.295. The molecule has 0 bridgehead atoms. The minimum atomic E-state index is -1.55. The van der Waals surface area contributed by atoms with Gasteiger partial charge in [0.05, 0.1) is 25.7 Å². The van der Waals surface area contributed by atoms with E-state index in [2.05, 4.69) is 123 Å². The van der Waals surface area contributed by atoms with Crippen LogP contribution in [0.15, 0.2) is 108 Å². The number of nitrogens with zero attached hydrogens (tertiary/aromatic N) is 2. The second-order valence-corrected chi connectivity index (χ2v) is 16.5. The van der Waals surface area contributed by atoms with Crippen LogP contribution in [0.2, 0.25) is 20.1 Å². The first-order valence-electron chi connectivity index (χ1n) is 17.3. The number of ether oxygens (including phenoxy) is 1. The minimum absolute atomic E-state index is 0.0104. The molecule has 0 spiro atoms. The fourth-order valence-corrected chi connectivity index (χ4v) is 8.30. The minimum Gasteiger partial charge on any atom is -0.442 e. The number of carbonyl (C=O) groups excluding carboxylic acids is 1. The van der Waals surface area contributed by atoms with Crippen LogP contribution in [0.4, 0.5) is 11.4 Å². The Morgan fingerprint density at radius 2 is 1.13 bits per heavy atom. The molecule has 0 saturated heterocycles. The lowest BCUT2D eigenvalue weighted by Crippen LogP contribution is -2.28. The van der Waals surface area contributed by atoms with Gasteiger partial charge in [0.25, 0.3) is 0 Å². The molecule has 0 aromatic heterocycles. The van der Waals surface area contributed by atoms with Crippen molar-refractivity contribution in [2.45, 2.75) is 46.1 Å². The number of benzene rings is 3. The second kappa shape index (κ2) is 14.3. The van der Waals surface area contributed by atoms with E-state index in [0.29, 0.717) is 5.56 Å². The quantitative estimate of drug-likeness (QED) is 0.130. The molecule has 2 atom stereocenters. The highest BCUT2D eigenvalue weighted by atomic mass is 35.5. The van der Waals surface area contributed by atoms with Gasteiger partial charge in [-0.2, -0.15) is 0 Å². The van der Waals surface area contributed by atoms with E-state index in [0.717, 1.165) is 46.5 Å². The zero-order chi connectivity index (χ0) is 37.7. The Bertz CT molecular complexity index is 2050. The number of esters is 1. The van der Waals surface area contributed by atoms with E-state index in [1.165, 1.54) is 11.1 Å². The van der Waals surface area contributed by atoms with Crippen LogP contribution >= 0.6 is 46.4 Å². The van der Waals surface area contributed by atoms with Crippen molar-refractivity contribution in [2.75, 3.05) is 38.0 Å². The van der Waals surface area contributed by atoms with E-state index in [-0.39, 0.29) is 25.7 Å². The molecule has 2 unspecified atom stereocenters. The van der Waals surface area contributed by atoms with Gasteiger partial charge < -0.3 is 14.5 Å². The van der Waals surface area contributed by atoms with Gasteiger partial charge in [0.2, 0.25) is 0 Å². The number of rotatable bonds is 8. The molecule has 3 aromatic carbocycles. The van der Waals surface area contributed by atoms with Crippen LogP contribution in [0.1, 0.15) is 67.6 Å². The Balaban J connectivity index is 1.78.